The molecule has 31 heavy (non-hydrogen) atoms. The van der Waals surface area contributed by atoms with E-state index in [4.69, 9.17) is 0 Å². The third kappa shape index (κ3) is 3.45. The van der Waals surface area contributed by atoms with Crippen molar-refractivity contribution in [1.82, 2.24) is 24.1 Å². The Labute approximate surface area is 174 Å². The van der Waals surface area contributed by atoms with E-state index in [1.807, 2.05) is 0 Å². The summed E-state index contributed by atoms with van der Waals surface area (Å²) < 4.78 is 28.9. The van der Waals surface area contributed by atoms with Crippen LogP contribution in [0.1, 0.15) is 46.9 Å². The molecule has 0 spiro atoms. The molecule has 4 heterocycles. The van der Waals surface area contributed by atoms with Gasteiger partial charge in [-0.15, -0.1) is 0 Å². The summed E-state index contributed by atoms with van der Waals surface area (Å²) in [4.78, 5) is 33.0. The van der Waals surface area contributed by atoms with E-state index in [9.17, 15) is 18.4 Å². The van der Waals surface area contributed by atoms with Crippen molar-refractivity contribution >= 4 is 17.2 Å². The van der Waals surface area contributed by atoms with Gasteiger partial charge in [0.1, 0.15) is 11.4 Å². The number of halogens is 2. The van der Waals surface area contributed by atoms with E-state index in [-0.39, 0.29) is 17.2 Å². The Kier molecular flexibility index (Phi) is 4.54. The SMILES string of the molecule is O=C(Nc1ccnc(C(F)F)c1)c1cnn(-c2cccn3c(=O)ccnc23)c1C1CC1. The number of anilines is 1. The first-order valence-electron chi connectivity index (χ1n) is 9.63. The summed E-state index contributed by atoms with van der Waals surface area (Å²) in [6.45, 7) is 0. The van der Waals surface area contributed by atoms with Crippen LogP contribution in [-0.4, -0.2) is 30.1 Å². The molecule has 1 aliphatic rings. The Balaban J connectivity index is 1.56. The van der Waals surface area contributed by atoms with Gasteiger partial charge in [0.2, 0.25) is 0 Å². The number of amides is 1. The fourth-order valence-corrected chi connectivity index (χ4v) is 3.53. The Hall–Kier alpha value is -3.95. The molecule has 0 radical (unpaired) electrons. The van der Waals surface area contributed by atoms with Crippen molar-refractivity contribution in [2.45, 2.75) is 25.2 Å². The normalized spacial score (nSPS) is 13.6. The Morgan fingerprint density at radius 1 is 1.16 bits per heavy atom. The summed E-state index contributed by atoms with van der Waals surface area (Å²) in [5.41, 5.74) is 1.63. The lowest BCUT2D eigenvalue weighted by Crippen LogP contribution is -2.17. The van der Waals surface area contributed by atoms with Crippen LogP contribution in [-0.2, 0) is 0 Å². The van der Waals surface area contributed by atoms with Crippen LogP contribution < -0.4 is 10.9 Å². The first-order valence-corrected chi connectivity index (χ1v) is 9.63. The lowest BCUT2D eigenvalue weighted by molar-refractivity contribution is 0.102. The van der Waals surface area contributed by atoms with Crippen molar-refractivity contribution in [3.63, 3.8) is 0 Å². The molecule has 10 heteroatoms. The minimum absolute atomic E-state index is 0.132. The van der Waals surface area contributed by atoms with Crippen LogP contribution in [0.5, 0.6) is 0 Å². The van der Waals surface area contributed by atoms with Crippen LogP contribution in [0.25, 0.3) is 11.3 Å². The van der Waals surface area contributed by atoms with Crippen molar-refractivity contribution in [3.8, 4) is 5.69 Å². The number of carbonyl (C=O) groups excluding carboxylic acids is 1. The lowest BCUT2D eigenvalue weighted by Gasteiger charge is -2.11. The van der Waals surface area contributed by atoms with Gasteiger partial charge in [0.15, 0.2) is 5.65 Å². The van der Waals surface area contributed by atoms with Crippen LogP contribution >= 0.6 is 0 Å². The predicted molar refractivity (Wildman–Crippen MR) is 108 cm³/mol. The maximum atomic E-state index is 13.0. The zero-order chi connectivity index (χ0) is 21.5. The van der Waals surface area contributed by atoms with Gasteiger partial charge in [0.05, 0.1) is 17.5 Å². The molecule has 0 unspecified atom stereocenters. The van der Waals surface area contributed by atoms with Crippen molar-refractivity contribution in [2.24, 2.45) is 0 Å². The lowest BCUT2D eigenvalue weighted by atomic mass is 10.1. The monoisotopic (exact) mass is 422 g/mol. The quantitative estimate of drug-likeness (QED) is 0.532. The molecule has 0 aromatic carbocycles. The second-order valence-electron chi connectivity index (χ2n) is 7.22. The number of pyridine rings is 2. The second-order valence-corrected chi connectivity index (χ2v) is 7.22. The minimum Gasteiger partial charge on any atom is -0.322 e. The highest BCUT2D eigenvalue weighted by molar-refractivity contribution is 6.05. The first-order chi connectivity index (χ1) is 15.0. The van der Waals surface area contributed by atoms with E-state index in [1.54, 1.807) is 23.0 Å². The fraction of sp³-hybridized carbons (Fsp3) is 0.190. The van der Waals surface area contributed by atoms with Gasteiger partial charge in [-0.3, -0.25) is 19.0 Å². The number of rotatable bonds is 5. The number of aromatic nitrogens is 5. The molecular weight excluding hydrogens is 406 g/mol. The van der Waals surface area contributed by atoms with Crippen molar-refractivity contribution < 1.29 is 13.6 Å². The number of nitrogens with one attached hydrogen (secondary N) is 1. The number of fused-ring (bicyclic) bond motifs is 1. The zero-order valence-electron chi connectivity index (χ0n) is 16.1. The molecule has 0 bridgehead atoms. The summed E-state index contributed by atoms with van der Waals surface area (Å²) in [5.74, 6) is -0.321. The molecule has 1 amide bonds. The highest BCUT2D eigenvalue weighted by Gasteiger charge is 2.33. The Morgan fingerprint density at radius 3 is 2.74 bits per heavy atom. The number of hydrogen-bond acceptors (Lipinski definition) is 5. The van der Waals surface area contributed by atoms with E-state index >= 15 is 0 Å². The van der Waals surface area contributed by atoms with Crippen LogP contribution in [0.3, 0.4) is 0 Å². The van der Waals surface area contributed by atoms with E-state index in [0.717, 1.165) is 18.9 Å². The molecule has 0 aliphatic heterocycles. The highest BCUT2D eigenvalue weighted by Crippen LogP contribution is 2.42. The summed E-state index contributed by atoms with van der Waals surface area (Å²) >= 11 is 0. The third-order valence-corrected chi connectivity index (χ3v) is 5.10. The van der Waals surface area contributed by atoms with E-state index in [2.05, 4.69) is 20.4 Å². The van der Waals surface area contributed by atoms with Gasteiger partial charge in [-0.25, -0.2) is 18.4 Å². The van der Waals surface area contributed by atoms with Gasteiger partial charge >= 0.3 is 0 Å². The molecule has 0 saturated heterocycles. The van der Waals surface area contributed by atoms with Crippen molar-refractivity contribution in [3.05, 3.63) is 82.4 Å². The average Bonchev–Trinajstić information content (AvgIpc) is 3.51. The maximum absolute atomic E-state index is 13.0. The predicted octanol–water partition coefficient (Wildman–Crippen LogP) is 3.34. The minimum atomic E-state index is -2.73. The Bertz CT molecular complexity index is 1360. The van der Waals surface area contributed by atoms with E-state index < -0.39 is 18.0 Å². The number of alkyl halides is 2. The molecule has 156 valence electrons. The molecule has 1 N–H and O–H groups in total. The average molecular weight is 422 g/mol. The number of carbonyl (C=O) groups is 1. The maximum Gasteiger partial charge on any atom is 0.280 e. The highest BCUT2D eigenvalue weighted by atomic mass is 19.3. The topological polar surface area (TPSA) is 94.2 Å². The van der Waals surface area contributed by atoms with Crippen LogP contribution in [0.15, 0.2) is 59.9 Å². The third-order valence-electron chi connectivity index (χ3n) is 5.10. The van der Waals surface area contributed by atoms with Crippen LogP contribution in [0.4, 0.5) is 14.5 Å². The standard InChI is InChI=1S/C21H16F2N6O2/c22-19(23)15-10-13(5-7-24-15)27-21(31)14-11-26-29(18(14)12-3-4-12)16-2-1-9-28-17(30)6-8-25-20(16)28/h1-2,5-12,19H,3-4H2,(H,24,27,31). The zero-order valence-corrected chi connectivity index (χ0v) is 16.1. The van der Waals surface area contributed by atoms with Gasteiger partial charge in [-0.05, 0) is 37.1 Å². The van der Waals surface area contributed by atoms with E-state index in [0.29, 0.717) is 22.6 Å². The number of nitrogens with zero attached hydrogens (tertiary/aromatic N) is 5. The summed E-state index contributed by atoms with van der Waals surface area (Å²) in [5, 5.41) is 7.06. The smallest absolute Gasteiger partial charge is 0.280 e. The Morgan fingerprint density at radius 2 is 1.97 bits per heavy atom. The fourth-order valence-electron chi connectivity index (χ4n) is 3.53. The molecule has 1 fully saturated rings. The summed E-state index contributed by atoms with van der Waals surface area (Å²) in [6.07, 6.45) is 4.78. The largest absolute Gasteiger partial charge is 0.322 e. The first kappa shape index (κ1) is 19.0. The van der Waals surface area contributed by atoms with Crippen molar-refractivity contribution in [2.75, 3.05) is 5.32 Å². The second kappa shape index (κ2) is 7.38. The van der Waals surface area contributed by atoms with Crippen LogP contribution in [0.2, 0.25) is 0 Å². The number of hydrogen-bond donors (Lipinski definition) is 1. The molecule has 0 atom stereocenters. The van der Waals surface area contributed by atoms with Gasteiger partial charge in [-0.1, -0.05) is 0 Å². The summed E-state index contributed by atoms with van der Waals surface area (Å²) in [7, 11) is 0. The molecule has 5 rings (SSSR count). The van der Waals surface area contributed by atoms with E-state index in [1.165, 1.54) is 35.1 Å². The van der Waals surface area contributed by atoms with Crippen molar-refractivity contribution in [1.29, 1.82) is 0 Å². The van der Waals surface area contributed by atoms with Gasteiger partial charge in [-0.2, -0.15) is 5.10 Å². The van der Waals surface area contributed by atoms with Gasteiger partial charge in [0, 0.05) is 36.3 Å². The summed E-state index contributed by atoms with van der Waals surface area (Å²) in [6, 6.07) is 7.45. The molecule has 8 nitrogen and oxygen atoms in total. The molecule has 4 aromatic rings. The molecular formula is C21H16F2N6O2. The van der Waals surface area contributed by atoms with Crippen LogP contribution in [0, 0.1) is 0 Å². The van der Waals surface area contributed by atoms with Gasteiger partial charge in [0.25, 0.3) is 17.9 Å². The molecule has 4 aromatic heterocycles. The molecule has 1 aliphatic carbocycles. The molecule has 1 saturated carbocycles. The van der Waals surface area contributed by atoms with Gasteiger partial charge < -0.3 is 5.32 Å².